The van der Waals surface area contributed by atoms with Crippen molar-refractivity contribution < 1.29 is 0 Å². The molecule has 0 saturated carbocycles. The molecule has 1 nitrogen and oxygen atoms in total. The summed E-state index contributed by atoms with van der Waals surface area (Å²) < 4.78 is 0. The molecular formula is C12H17NS2. The van der Waals surface area contributed by atoms with E-state index in [4.69, 9.17) is 0 Å². The van der Waals surface area contributed by atoms with Gasteiger partial charge in [0.05, 0.1) is 0 Å². The van der Waals surface area contributed by atoms with Crippen LogP contribution in [0.5, 0.6) is 0 Å². The summed E-state index contributed by atoms with van der Waals surface area (Å²) in [5, 5.41) is 3.31. The summed E-state index contributed by atoms with van der Waals surface area (Å²) in [6.07, 6.45) is 0. The molecule has 0 atom stereocenters. The van der Waals surface area contributed by atoms with Gasteiger partial charge < -0.3 is 5.32 Å². The Morgan fingerprint density at radius 1 is 1.13 bits per heavy atom. The van der Waals surface area contributed by atoms with Crippen LogP contribution < -0.4 is 5.32 Å². The predicted molar refractivity (Wildman–Crippen MR) is 70.9 cm³/mol. The number of hydrogen-bond donors (Lipinski definition) is 1. The van der Waals surface area contributed by atoms with Gasteiger partial charge in [-0.3, -0.25) is 0 Å². The lowest BCUT2D eigenvalue weighted by Crippen LogP contribution is -2.43. The largest absolute Gasteiger partial charge is 0.316 e. The third-order valence-corrected chi connectivity index (χ3v) is 4.93. The number of hydrogen-bond acceptors (Lipinski definition) is 3. The van der Waals surface area contributed by atoms with Gasteiger partial charge in [0.1, 0.15) is 0 Å². The van der Waals surface area contributed by atoms with E-state index in [1.807, 2.05) is 11.8 Å². The van der Waals surface area contributed by atoms with E-state index in [2.05, 4.69) is 47.4 Å². The van der Waals surface area contributed by atoms with Crippen LogP contribution in [0, 0.1) is 5.92 Å². The average molecular weight is 239 g/mol. The highest BCUT2D eigenvalue weighted by molar-refractivity contribution is 8.02. The van der Waals surface area contributed by atoms with E-state index >= 15 is 0 Å². The molecule has 0 bridgehead atoms. The molecule has 0 spiro atoms. The fraction of sp³-hybridized carbons (Fsp3) is 0.500. The Morgan fingerprint density at radius 3 is 2.60 bits per heavy atom. The average Bonchev–Trinajstić information content (AvgIpc) is 2.22. The normalized spacial score (nSPS) is 16.3. The second-order valence-corrected chi connectivity index (χ2v) is 6.08. The summed E-state index contributed by atoms with van der Waals surface area (Å²) in [6.45, 7) is 2.47. The van der Waals surface area contributed by atoms with E-state index in [1.165, 1.54) is 35.2 Å². The van der Waals surface area contributed by atoms with Crippen molar-refractivity contribution in [2.45, 2.75) is 4.90 Å². The minimum atomic E-state index is 0.941. The first-order valence-electron chi connectivity index (χ1n) is 5.41. The van der Waals surface area contributed by atoms with Gasteiger partial charge in [0.2, 0.25) is 0 Å². The first-order chi connectivity index (χ1) is 7.45. The summed E-state index contributed by atoms with van der Waals surface area (Å²) in [4.78, 5) is 1.39. The second-order valence-electron chi connectivity index (χ2n) is 3.76. The molecule has 1 aromatic rings. The van der Waals surface area contributed by atoms with Gasteiger partial charge in [-0.05, 0) is 36.9 Å². The molecule has 0 aliphatic carbocycles. The van der Waals surface area contributed by atoms with Crippen LogP contribution in [-0.2, 0) is 0 Å². The van der Waals surface area contributed by atoms with Crippen LogP contribution in [0.25, 0.3) is 0 Å². The van der Waals surface area contributed by atoms with Gasteiger partial charge in [-0.15, -0.1) is 11.8 Å². The van der Waals surface area contributed by atoms with E-state index in [-0.39, 0.29) is 0 Å². The molecule has 1 N–H and O–H groups in total. The molecule has 0 unspecified atom stereocenters. The van der Waals surface area contributed by atoms with Gasteiger partial charge in [-0.1, -0.05) is 18.2 Å². The molecule has 1 aromatic carbocycles. The van der Waals surface area contributed by atoms with Crippen LogP contribution in [0.15, 0.2) is 35.2 Å². The molecule has 2 rings (SSSR count). The third-order valence-electron chi connectivity index (χ3n) is 2.46. The minimum Gasteiger partial charge on any atom is -0.316 e. The molecule has 1 fully saturated rings. The molecule has 1 saturated heterocycles. The Labute approximate surface area is 100 Å². The maximum Gasteiger partial charge on any atom is 0.00722 e. The van der Waals surface area contributed by atoms with Gasteiger partial charge in [-0.2, -0.15) is 11.8 Å². The number of rotatable bonds is 6. The summed E-state index contributed by atoms with van der Waals surface area (Å²) in [7, 11) is 0. The Morgan fingerprint density at radius 2 is 1.93 bits per heavy atom. The maximum absolute atomic E-state index is 3.31. The second kappa shape index (κ2) is 6.46. The topological polar surface area (TPSA) is 12.0 Å². The highest BCUT2D eigenvalue weighted by Crippen LogP contribution is 2.19. The van der Waals surface area contributed by atoms with Crippen molar-refractivity contribution in [3.8, 4) is 0 Å². The minimum absolute atomic E-state index is 0.941. The van der Waals surface area contributed by atoms with Gasteiger partial charge in [0.25, 0.3) is 0 Å². The van der Waals surface area contributed by atoms with Crippen LogP contribution in [0.4, 0.5) is 0 Å². The molecule has 0 radical (unpaired) electrons. The van der Waals surface area contributed by atoms with Crippen LogP contribution in [-0.4, -0.2) is 30.3 Å². The fourth-order valence-corrected chi connectivity index (χ4v) is 3.58. The van der Waals surface area contributed by atoms with Gasteiger partial charge in [-0.25, -0.2) is 0 Å². The molecule has 1 heterocycles. The molecule has 82 valence electrons. The smallest absolute Gasteiger partial charge is 0.00722 e. The number of thioether (sulfide) groups is 2. The SMILES string of the molecule is c1ccc(SCCSCC2CNC2)cc1. The molecule has 1 aliphatic heterocycles. The van der Waals surface area contributed by atoms with Crippen molar-refractivity contribution in [2.75, 3.05) is 30.3 Å². The lowest BCUT2D eigenvalue weighted by atomic mass is 10.1. The molecular weight excluding hydrogens is 222 g/mol. The molecule has 0 aromatic heterocycles. The quantitative estimate of drug-likeness (QED) is 0.605. The number of benzene rings is 1. The summed E-state index contributed by atoms with van der Waals surface area (Å²) in [6, 6.07) is 10.7. The molecule has 15 heavy (non-hydrogen) atoms. The fourth-order valence-electron chi connectivity index (χ4n) is 1.45. The van der Waals surface area contributed by atoms with E-state index in [0.717, 1.165) is 5.92 Å². The highest BCUT2D eigenvalue weighted by Gasteiger charge is 2.15. The van der Waals surface area contributed by atoms with Crippen molar-refractivity contribution in [3.63, 3.8) is 0 Å². The zero-order chi connectivity index (χ0) is 10.3. The van der Waals surface area contributed by atoms with Crippen LogP contribution in [0.2, 0.25) is 0 Å². The zero-order valence-electron chi connectivity index (χ0n) is 8.82. The molecule has 1 aliphatic rings. The molecule has 3 heteroatoms. The first-order valence-corrected chi connectivity index (χ1v) is 7.55. The van der Waals surface area contributed by atoms with E-state index in [0.29, 0.717) is 0 Å². The first kappa shape index (κ1) is 11.4. The maximum atomic E-state index is 3.31. The Hall–Kier alpha value is -0.120. The van der Waals surface area contributed by atoms with Gasteiger partial charge >= 0.3 is 0 Å². The number of nitrogens with one attached hydrogen (secondary N) is 1. The van der Waals surface area contributed by atoms with Crippen molar-refractivity contribution >= 4 is 23.5 Å². The summed E-state index contributed by atoms with van der Waals surface area (Å²) >= 11 is 4.06. The van der Waals surface area contributed by atoms with Crippen LogP contribution >= 0.6 is 23.5 Å². The lowest BCUT2D eigenvalue weighted by molar-refractivity contribution is 0.385. The third kappa shape index (κ3) is 4.09. The van der Waals surface area contributed by atoms with Gasteiger partial charge in [0.15, 0.2) is 0 Å². The van der Waals surface area contributed by atoms with Crippen molar-refractivity contribution in [1.82, 2.24) is 5.32 Å². The van der Waals surface area contributed by atoms with Crippen molar-refractivity contribution in [3.05, 3.63) is 30.3 Å². The summed E-state index contributed by atoms with van der Waals surface area (Å²) in [5.74, 6) is 4.78. The predicted octanol–water partition coefficient (Wildman–Crippen LogP) is 2.73. The summed E-state index contributed by atoms with van der Waals surface area (Å²) in [5.41, 5.74) is 0. The Balaban J connectivity index is 1.51. The van der Waals surface area contributed by atoms with Crippen molar-refractivity contribution in [1.29, 1.82) is 0 Å². The Bertz CT molecular complexity index is 272. The van der Waals surface area contributed by atoms with Crippen LogP contribution in [0.1, 0.15) is 0 Å². The lowest BCUT2D eigenvalue weighted by Gasteiger charge is -2.26. The van der Waals surface area contributed by atoms with E-state index in [1.54, 1.807) is 0 Å². The highest BCUT2D eigenvalue weighted by atomic mass is 32.2. The zero-order valence-corrected chi connectivity index (χ0v) is 10.4. The van der Waals surface area contributed by atoms with E-state index in [9.17, 15) is 0 Å². The van der Waals surface area contributed by atoms with Crippen LogP contribution in [0.3, 0.4) is 0 Å². The van der Waals surface area contributed by atoms with Gasteiger partial charge in [0, 0.05) is 16.4 Å². The monoisotopic (exact) mass is 239 g/mol. The molecule has 0 amide bonds. The van der Waals surface area contributed by atoms with Crippen molar-refractivity contribution in [2.24, 2.45) is 5.92 Å². The standard InChI is InChI=1S/C12H17NS2/c1-2-4-12(5-3-1)15-7-6-14-10-11-8-13-9-11/h1-5,11,13H,6-10H2. The Kier molecular flexibility index (Phi) is 4.90. The van der Waals surface area contributed by atoms with E-state index < -0.39 is 0 Å².